The summed E-state index contributed by atoms with van der Waals surface area (Å²) >= 11 is 0. The van der Waals surface area contributed by atoms with Gasteiger partial charge in [-0.25, -0.2) is 4.79 Å². The molecule has 0 saturated heterocycles. The SMILES string of the molecule is CC(O)C(NC(=O)C(CC(=O)O)NC(=O)CN)C(=O)NC(CC(N)=O)C(=O)O. The summed E-state index contributed by atoms with van der Waals surface area (Å²) in [6.07, 6.45) is -3.12. The van der Waals surface area contributed by atoms with Crippen molar-refractivity contribution in [3.8, 4) is 0 Å². The first-order valence-electron chi connectivity index (χ1n) is 7.90. The molecule has 0 aliphatic carbocycles. The summed E-state index contributed by atoms with van der Waals surface area (Å²) in [5, 5.41) is 33.5. The lowest BCUT2D eigenvalue weighted by molar-refractivity contribution is -0.144. The number of hydrogen-bond acceptors (Lipinski definition) is 8. The summed E-state index contributed by atoms with van der Waals surface area (Å²) in [5.74, 6) is -7.18. The third-order valence-corrected chi connectivity index (χ3v) is 3.30. The Morgan fingerprint density at radius 1 is 0.893 bits per heavy atom. The van der Waals surface area contributed by atoms with Crippen LogP contribution in [0.2, 0.25) is 0 Å². The van der Waals surface area contributed by atoms with Gasteiger partial charge < -0.3 is 42.7 Å². The van der Waals surface area contributed by atoms with Crippen LogP contribution < -0.4 is 27.4 Å². The van der Waals surface area contributed by atoms with Crippen molar-refractivity contribution in [2.45, 2.75) is 44.0 Å². The molecular weight excluding hydrogens is 382 g/mol. The molecule has 0 bridgehead atoms. The number of carbonyl (C=O) groups excluding carboxylic acids is 4. The average molecular weight is 405 g/mol. The van der Waals surface area contributed by atoms with Gasteiger partial charge in [0, 0.05) is 0 Å². The van der Waals surface area contributed by atoms with Gasteiger partial charge in [0.2, 0.25) is 23.6 Å². The Morgan fingerprint density at radius 2 is 1.46 bits per heavy atom. The van der Waals surface area contributed by atoms with Crippen molar-refractivity contribution in [2.24, 2.45) is 11.5 Å². The number of aliphatic hydroxyl groups excluding tert-OH is 1. The first-order valence-corrected chi connectivity index (χ1v) is 7.90. The molecule has 0 aliphatic rings. The fraction of sp³-hybridized carbons (Fsp3) is 0.571. The van der Waals surface area contributed by atoms with Gasteiger partial charge in [-0.1, -0.05) is 0 Å². The average Bonchev–Trinajstić information content (AvgIpc) is 2.56. The Labute approximate surface area is 158 Å². The third-order valence-electron chi connectivity index (χ3n) is 3.30. The molecule has 4 unspecified atom stereocenters. The Bertz CT molecular complexity index is 637. The normalized spacial score (nSPS) is 14.7. The molecule has 14 nitrogen and oxygen atoms in total. The number of aliphatic carboxylic acids is 2. The highest BCUT2D eigenvalue weighted by molar-refractivity contribution is 5.96. The topological polar surface area (TPSA) is 251 Å². The zero-order chi connectivity index (χ0) is 22.0. The summed E-state index contributed by atoms with van der Waals surface area (Å²) < 4.78 is 0. The second-order valence-corrected chi connectivity index (χ2v) is 5.72. The highest BCUT2D eigenvalue weighted by Crippen LogP contribution is 2.01. The van der Waals surface area contributed by atoms with Crippen molar-refractivity contribution in [3.05, 3.63) is 0 Å². The van der Waals surface area contributed by atoms with Crippen molar-refractivity contribution in [1.82, 2.24) is 16.0 Å². The van der Waals surface area contributed by atoms with E-state index in [1.807, 2.05) is 16.0 Å². The molecule has 0 rings (SSSR count). The van der Waals surface area contributed by atoms with Gasteiger partial charge in [0.15, 0.2) is 0 Å². The Kier molecular flexibility index (Phi) is 10.1. The number of carboxylic acid groups (broad SMARTS) is 2. The summed E-state index contributed by atoms with van der Waals surface area (Å²) in [4.78, 5) is 68.6. The second kappa shape index (κ2) is 11.5. The van der Waals surface area contributed by atoms with Crippen LogP contribution in [0.25, 0.3) is 0 Å². The monoisotopic (exact) mass is 405 g/mol. The van der Waals surface area contributed by atoms with Crippen LogP contribution in [-0.4, -0.2) is 81.7 Å². The van der Waals surface area contributed by atoms with Gasteiger partial charge >= 0.3 is 11.9 Å². The fourth-order valence-electron chi connectivity index (χ4n) is 1.96. The minimum atomic E-state index is -1.71. The number of primary amides is 1. The number of aliphatic hydroxyl groups is 1. The van der Waals surface area contributed by atoms with E-state index in [4.69, 9.17) is 21.7 Å². The molecule has 0 radical (unpaired) electrons. The van der Waals surface area contributed by atoms with Crippen LogP contribution in [0.4, 0.5) is 0 Å². The van der Waals surface area contributed by atoms with Crippen molar-refractivity contribution >= 4 is 35.6 Å². The number of nitrogens with one attached hydrogen (secondary N) is 3. The minimum Gasteiger partial charge on any atom is -0.481 e. The lowest BCUT2D eigenvalue weighted by atomic mass is 10.1. The molecule has 0 heterocycles. The first kappa shape index (κ1) is 24.7. The maximum Gasteiger partial charge on any atom is 0.326 e. The lowest BCUT2D eigenvalue weighted by Gasteiger charge is -2.25. The quantitative estimate of drug-likeness (QED) is 0.154. The molecule has 4 amide bonds. The molecule has 0 spiro atoms. The van der Waals surface area contributed by atoms with E-state index in [1.165, 1.54) is 0 Å². The van der Waals surface area contributed by atoms with Crippen LogP contribution in [0.15, 0.2) is 0 Å². The highest BCUT2D eigenvalue weighted by atomic mass is 16.4. The van der Waals surface area contributed by atoms with E-state index in [0.717, 1.165) is 6.92 Å². The number of hydrogen-bond donors (Lipinski definition) is 8. The summed E-state index contributed by atoms with van der Waals surface area (Å²) in [5.41, 5.74) is 9.97. The maximum absolute atomic E-state index is 12.2. The molecule has 0 aromatic heterocycles. The molecule has 0 saturated carbocycles. The van der Waals surface area contributed by atoms with Gasteiger partial charge in [0.25, 0.3) is 0 Å². The van der Waals surface area contributed by atoms with Crippen molar-refractivity contribution in [2.75, 3.05) is 6.54 Å². The van der Waals surface area contributed by atoms with E-state index in [1.54, 1.807) is 0 Å². The van der Waals surface area contributed by atoms with E-state index >= 15 is 0 Å². The molecule has 28 heavy (non-hydrogen) atoms. The number of rotatable bonds is 12. The summed E-state index contributed by atoms with van der Waals surface area (Å²) in [6, 6.07) is -5.04. The van der Waals surface area contributed by atoms with E-state index in [0.29, 0.717) is 0 Å². The zero-order valence-corrected chi connectivity index (χ0v) is 14.9. The molecule has 0 aromatic rings. The van der Waals surface area contributed by atoms with E-state index in [-0.39, 0.29) is 0 Å². The van der Waals surface area contributed by atoms with Gasteiger partial charge in [0.1, 0.15) is 18.1 Å². The van der Waals surface area contributed by atoms with E-state index < -0.39 is 79.2 Å². The number of carbonyl (C=O) groups is 6. The first-order chi connectivity index (χ1) is 12.9. The molecule has 4 atom stereocenters. The van der Waals surface area contributed by atoms with E-state index in [2.05, 4.69) is 0 Å². The van der Waals surface area contributed by atoms with Crippen molar-refractivity contribution < 1.29 is 44.1 Å². The molecular formula is C14H23N5O9. The van der Waals surface area contributed by atoms with E-state index in [9.17, 15) is 33.9 Å². The van der Waals surface area contributed by atoms with Crippen LogP contribution in [0.5, 0.6) is 0 Å². The van der Waals surface area contributed by atoms with Gasteiger partial charge in [-0.2, -0.15) is 0 Å². The molecule has 14 heteroatoms. The fourth-order valence-corrected chi connectivity index (χ4v) is 1.96. The number of carboxylic acids is 2. The largest absolute Gasteiger partial charge is 0.481 e. The highest BCUT2D eigenvalue weighted by Gasteiger charge is 2.33. The lowest BCUT2D eigenvalue weighted by Crippen LogP contribution is -2.59. The third kappa shape index (κ3) is 8.91. The summed E-state index contributed by atoms with van der Waals surface area (Å²) in [6.45, 7) is 0.566. The molecule has 158 valence electrons. The maximum atomic E-state index is 12.2. The number of amides is 4. The van der Waals surface area contributed by atoms with Gasteiger partial charge in [0.05, 0.1) is 25.5 Å². The Balaban J connectivity index is 5.33. The number of nitrogens with two attached hydrogens (primary N) is 2. The predicted molar refractivity (Wildman–Crippen MR) is 90.2 cm³/mol. The second-order valence-electron chi connectivity index (χ2n) is 5.72. The Morgan fingerprint density at radius 3 is 1.86 bits per heavy atom. The standard InChI is InChI=1S/C14H23N5O9/c1-5(20)11(13(26)18-7(14(27)28)2-8(16)21)19-12(25)6(3-10(23)24)17-9(22)4-15/h5-7,11,20H,2-4,15H2,1H3,(H2,16,21)(H,17,22)(H,18,26)(H,19,25)(H,23,24)(H,27,28). The molecule has 10 N–H and O–H groups in total. The molecule has 0 aromatic carbocycles. The van der Waals surface area contributed by atoms with Crippen LogP contribution >= 0.6 is 0 Å². The van der Waals surface area contributed by atoms with Crippen molar-refractivity contribution in [1.29, 1.82) is 0 Å². The van der Waals surface area contributed by atoms with Gasteiger partial charge in [-0.15, -0.1) is 0 Å². The zero-order valence-electron chi connectivity index (χ0n) is 14.9. The predicted octanol–water partition coefficient (Wildman–Crippen LogP) is -4.78. The smallest absolute Gasteiger partial charge is 0.326 e. The molecule has 0 aliphatic heterocycles. The van der Waals surface area contributed by atoms with Crippen LogP contribution in [0, 0.1) is 0 Å². The van der Waals surface area contributed by atoms with Crippen LogP contribution in [-0.2, 0) is 28.8 Å². The Hall–Kier alpha value is -3.26. The minimum absolute atomic E-state index is 0.531. The van der Waals surface area contributed by atoms with Gasteiger partial charge in [-0.05, 0) is 6.92 Å². The molecule has 0 fully saturated rings. The summed E-state index contributed by atoms with van der Waals surface area (Å²) in [7, 11) is 0. The van der Waals surface area contributed by atoms with Crippen LogP contribution in [0.3, 0.4) is 0 Å². The van der Waals surface area contributed by atoms with Crippen molar-refractivity contribution in [3.63, 3.8) is 0 Å². The van der Waals surface area contributed by atoms with Crippen LogP contribution in [0.1, 0.15) is 19.8 Å². The van der Waals surface area contributed by atoms with Gasteiger partial charge in [-0.3, -0.25) is 24.0 Å².